The van der Waals surface area contributed by atoms with E-state index in [4.69, 9.17) is 0 Å². The largest absolute Gasteiger partial charge is 0.308 e. The van der Waals surface area contributed by atoms with E-state index in [9.17, 15) is 0 Å². The Balaban J connectivity index is 1.92. The summed E-state index contributed by atoms with van der Waals surface area (Å²) in [4.78, 5) is 0. The highest BCUT2D eigenvalue weighted by atomic mass is 15.3. The van der Waals surface area contributed by atoms with Gasteiger partial charge in [-0.25, -0.2) is 0 Å². The van der Waals surface area contributed by atoms with E-state index < -0.39 is 0 Å². The molecule has 1 aromatic heterocycles. The predicted molar refractivity (Wildman–Crippen MR) is 74.3 cm³/mol. The van der Waals surface area contributed by atoms with Crippen LogP contribution < -0.4 is 5.32 Å². The zero-order valence-electron chi connectivity index (χ0n) is 11.4. The monoisotopic (exact) mass is 243 g/mol. The molecule has 0 unspecified atom stereocenters. The smallest absolute Gasteiger partial charge is 0.0666 e. The topological polar surface area (TPSA) is 29.9 Å². The number of nitrogens with zero attached hydrogens (tertiary/aromatic N) is 2. The molecule has 96 valence electrons. The van der Waals surface area contributed by atoms with Gasteiger partial charge in [-0.15, -0.1) is 0 Å². The van der Waals surface area contributed by atoms with Crippen LogP contribution in [0.4, 0.5) is 0 Å². The zero-order chi connectivity index (χ0) is 13.0. The van der Waals surface area contributed by atoms with Crippen molar-refractivity contribution in [3.8, 4) is 0 Å². The third-order valence-electron chi connectivity index (χ3n) is 3.05. The first-order valence-corrected chi connectivity index (χ1v) is 6.46. The lowest BCUT2D eigenvalue weighted by Crippen LogP contribution is -2.13. The van der Waals surface area contributed by atoms with Crippen LogP contribution in [0.15, 0.2) is 30.5 Å². The molecule has 0 radical (unpaired) electrons. The average molecular weight is 243 g/mol. The van der Waals surface area contributed by atoms with Crippen LogP contribution in [0.5, 0.6) is 0 Å². The molecular formula is C15H21N3. The third-order valence-corrected chi connectivity index (χ3v) is 3.05. The van der Waals surface area contributed by atoms with Crippen LogP contribution in [0.1, 0.15) is 29.3 Å². The maximum atomic E-state index is 4.45. The summed E-state index contributed by atoms with van der Waals surface area (Å²) in [7, 11) is 1.98. The van der Waals surface area contributed by atoms with Crippen molar-refractivity contribution in [3.63, 3.8) is 0 Å². The third kappa shape index (κ3) is 3.20. The number of aryl methyl sites for hydroxylation is 3. The molecule has 1 N–H and O–H groups in total. The molecule has 0 bridgehead atoms. The molecule has 0 aliphatic rings. The van der Waals surface area contributed by atoms with E-state index in [1.165, 1.54) is 22.4 Å². The first kappa shape index (κ1) is 12.8. The van der Waals surface area contributed by atoms with Gasteiger partial charge in [0.15, 0.2) is 0 Å². The quantitative estimate of drug-likeness (QED) is 0.874. The molecule has 0 saturated carbocycles. The first-order chi connectivity index (χ1) is 8.69. The highest BCUT2D eigenvalue weighted by Crippen LogP contribution is 2.08. The molecule has 2 aromatic rings. The van der Waals surface area contributed by atoms with Gasteiger partial charge in [0.05, 0.1) is 5.69 Å². The summed E-state index contributed by atoms with van der Waals surface area (Å²) in [6.45, 7) is 6.05. The van der Waals surface area contributed by atoms with E-state index >= 15 is 0 Å². The Labute approximate surface area is 109 Å². The number of benzene rings is 1. The van der Waals surface area contributed by atoms with Crippen molar-refractivity contribution in [2.45, 2.75) is 33.4 Å². The van der Waals surface area contributed by atoms with Crippen LogP contribution in [-0.2, 0) is 26.6 Å². The van der Waals surface area contributed by atoms with Crippen molar-refractivity contribution in [2.75, 3.05) is 0 Å². The van der Waals surface area contributed by atoms with Gasteiger partial charge in [-0.3, -0.25) is 4.68 Å². The van der Waals surface area contributed by atoms with Gasteiger partial charge < -0.3 is 5.32 Å². The van der Waals surface area contributed by atoms with E-state index in [-0.39, 0.29) is 0 Å². The Morgan fingerprint density at radius 1 is 1.28 bits per heavy atom. The summed E-state index contributed by atoms with van der Waals surface area (Å²) in [5.41, 5.74) is 5.13. The highest BCUT2D eigenvalue weighted by molar-refractivity contribution is 5.22. The molecule has 3 nitrogen and oxygen atoms in total. The predicted octanol–water partition coefficient (Wildman–Crippen LogP) is 2.58. The van der Waals surface area contributed by atoms with E-state index in [1.54, 1.807) is 0 Å². The normalized spacial score (nSPS) is 10.8. The maximum absolute atomic E-state index is 4.45. The summed E-state index contributed by atoms with van der Waals surface area (Å²) in [6, 6.07) is 8.61. The molecule has 1 heterocycles. The van der Waals surface area contributed by atoms with Crippen LogP contribution in [0.2, 0.25) is 0 Å². The molecule has 0 saturated heterocycles. The number of nitrogens with one attached hydrogen (secondary N) is 1. The lowest BCUT2D eigenvalue weighted by Gasteiger charge is -2.05. The van der Waals surface area contributed by atoms with Gasteiger partial charge in [0.1, 0.15) is 0 Å². The van der Waals surface area contributed by atoms with E-state index in [1.807, 2.05) is 11.7 Å². The second kappa shape index (κ2) is 5.83. The molecule has 0 aliphatic heterocycles. The minimum Gasteiger partial charge on any atom is -0.308 e. The van der Waals surface area contributed by atoms with Crippen molar-refractivity contribution >= 4 is 0 Å². The van der Waals surface area contributed by atoms with Gasteiger partial charge in [-0.1, -0.05) is 36.8 Å². The average Bonchev–Trinajstić information content (AvgIpc) is 2.70. The summed E-state index contributed by atoms with van der Waals surface area (Å²) in [5.74, 6) is 0. The van der Waals surface area contributed by atoms with E-state index in [0.29, 0.717) is 0 Å². The van der Waals surface area contributed by atoms with Gasteiger partial charge >= 0.3 is 0 Å². The Morgan fingerprint density at radius 3 is 2.83 bits per heavy atom. The van der Waals surface area contributed by atoms with Crippen molar-refractivity contribution in [3.05, 3.63) is 52.8 Å². The van der Waals surface area contributed by atoms with Crippen molar-refractivity contribution in [2.24, 2.45) is 7.05 Å². The fourth-order valence-electron chi connectivity index (χ4n) is 2.19. The summed E-state index contributed by atoms with van der Waals surface area (Å²) in [5, 5.41) is 7.93. The van der Waals surface area contributed by atoms with E-state index in [0.717, 1.165) is 19.5 Å². The zero-order valence-corrected chi connectivity index (χ0v) is 11.4. The van der Waals surface area contributed by atoms with Crippen molar-refractivity contribution in [1.29, 1.82) is 0 Å². The Hall–Kier alpha value is -1.61. The SMILES string of the molecule is CCc1nn(C)cc1CNCc1cccc(C)c1. The fraction of sp³-hybridized carbons (Fsp3) is 0.400. The van der Waals surface area contributed by atoms with Crippen LogP contribution >= 0.6 is 0 Å². The van der Waals surface area contributed by atoms with Crippen molar-refractivity contribution in [1.82, 2.24) is 15.1 Å². The number of hydrogen-bond donors (Lipinski definition) is 1. The van der Waals surface area contributed by atoms with Gasteiger partial charge in [0.2, 0.25) is 0 Å². The number of hydrogen-bond acceptors (Lipinski definition) is 2. The molecule has 0 atom stereocenters. The standard InChI is InChI=1S/C15H21N3/c1-4-15-14(11-18(3)17-15)10-16-9-13-7-5-6-12(2)8-13/h5-8,11,16H,4,9-10H2,1-3H3. The van der Waals surface area contributed by atoms with Crippen LogP contribution in [0.3, 0.4) is 0 Å². The first-order valence-electron chi connectivity index (χ1n) is 6.46. The number of aromatic nitrogens is 2. The molecule has 0 amide bonds. The molecular weight excluding hydrogens is 222 g/mol. The van der Waals surface area contributed by atoms with Gasteiger partial charge in [-0.05, 0) is 18.9 Å². The molecule has 0 fully saturated rings. The summed E-state index contributed by atoms with van der Waals surface area (Å²) in [6.07, 6.45) is 3.09. The Morgan fingerprint density at radius 2 is 2.11 bits per heavy atom. The second-order valence-corrected chi connectivity index (χ2v) is 4.72. The highest BCUT2D eigenvalue weighted by Gasteiger charge is 2.04. The maximum Gasteiger partial charge on any atom is 0.0666 e. The second-order valence-electron chi connectivity index (χ2n) is 4.72. The lowest BCUT2D eigenvalue weighted by molar-refractivity contribution is 0.688. The molecule has 18 heavy (non-hydrogen) atoms. The van der Waals surface area contributed by atoms with Crippen LogP contribution in [0.25, 0.3) is 0 Å². The molecule has 1 aromatic carbocycles. The molecule has 0 spiro atoms. The lowest BCUT2D eigenvalue weighted by atomic mass is 10.1. The fourth-order valence-corrected chi connectivity index (χ4v) is 2.19. The van der Waals surface area contributed by atoms with E-state index in [2.05, 4.69) is 54.7 Å². The molecule has 0 aliphatic carbocycles. The van der Waals surface area contributed by atoms with Crippen LogP contribution in [-0.4, -0.2) is 9.78 Å². The molecule has 2 rings (SSSR count). The summed E-state index contributed by atoms with van der Waals surface area (Å²) >= 11 is 0. The van der Waals surface area contributed by atoms with Crippen molar-refractivity contribution < 1.29 is 0 Å². The van der Waals surface area contributed by atoms with Gasteiger partial charge in [0.25, 0.3) is 0 Å². The van der Waals surface area contributed by atoms with Gasteiger partial charge in [0, 0.05) is 31.9 Å². The van der Waals surface area contributed by atoms with Crippen LogP contribution in [0, 0.1) is 6.92 Å². The Kier molecular flexibility index (Phi) is 4.15. The minimum absolute atomic E-state index is 0.880. The minimum atomic E-state index is 0.880. The summed E-state index contributed by atoms with van der Waals surface area (Å²) < 4.78 is 1.89. The Bertz CT molecular complexity index is 514. The van der Waals surface area contributed by atoms with Gasteiger partial charge in [-0.2, -0.15) is 5.10 Å². The molecule has 3 heteroatoms. The number of rotatable bonds is 5.